The summed E-state index contributed by atoms with van der Waals surface area (Å²) in [5.74, 6) is -0.131. The van der Waals surface area contributed by atoms with Crippen LogP contribution in [0.5, 0.6) is 0 Å². The van der Waals surface area contributed by atoms with Crippen molar-refractivity contribution in [2.75, 3.05) is 21.9 Å². The molecule has 0 saturated carbocycles. The first-order valence-electron chi connectivity index (χ1n) is 8.08. The van der Waals surface area contributed by atoms with Crippen molar-refractivity contribution in [3.8, 4) is 6.07 Å². The summed E-state index contributed by atoms with van der Waals surface area (Å²) in [7, 11) is -3.19. The quantitative estimate of drug-likeness (QED) is 0.841. The Morgan fingerprint density at radius 1 is 1.19 bits per heavy atom. The van der Waals surface area contributed by atoms with Gasteiger partial charge in [-0.1, -0.05) is 18.2 Å². The van der Waals surface area contributed by atoms with Crippen LogP contribution in [0, 0.1) is 11.3 Å². The second-order valence-corrected chi connectivity index (χ2v) is 7.86. The molecule has 3 rings (SSSR count). The Morgan fingerprint density at radius 2 is 1.96 bits per heavy atom. The minimum atomic E-state index is -3.19. The lowest BCUT2D eigenvalue weighted by Gasteiger charge is -2.16. The number of sulfonamides is 1. The van der Waals surface area contributed by atoms with Gasteiger partial charge in [0.05, 0.1) is 23.1 Å². The molecule has 6 nitrogen and oxygen atoms in total. The van der Waals surface area contributed by atoms with Gasteiger partial charge in [0.15, 0.2) is 0 Å². The maximum Gasteiger partial charge on any atom is 0.248 e. The first-order chi connectivity index (χ1) is 12.5. The lowest BCUT2D eigenvalue weighted by molar-refractivity contribution is -0.111. The molecule has 1 saturated heterocycles. The van der Waals surface area contributed by atoms with E-state index in [1.54, 1.807) is 54.6 Å². The largest absolute Gasteiger partial charge is 0.322 e. The highest BCUT2D eigenvalue weighted by Gasteiger charge is 2.28. The van der Waals surface area contributed by atoms with Crippen LogP contribution in [-0.2, 0) is 14.8 Å². The van der Waals surface area contributed by atoms with Gasteiger partial charge in [0, 0.05) is 18.3 Å². The molecular weight excluding hydrogens is 350 g/mol. The van der Waals surface area contributed by atoms with Gasteiger partial charge in [-0.15, -0.1) is 0 Å². The normalized spacial score (nSPS) is 15.7. The molecule has 0 spiro atoms. The lowest BCUT2D eigenvalue weighted by atomic mass is 10.2. The van der Waals surface area contributed by atoms with E-state index in [9.17, 15) is 13.2 Å². The molecule has 1 heterocycles. The number of nitriles is 1. The topological polar surface area (TPSA) is 90.3 Å². The van der Waals surface area contributed by atoms with Crippen molar-refractivity contribution in [2.24, 2.45) is 0 Å². The molecule has 0 aromatic heterocycles. The highest BCUT2D eigenvalue weighted by molar-refractivity contribution is 7.93. The number of hydrogen-bond acceptors (Lipinski definition) is 4. The Labute approximate surface area is 152 Å². The number of anilines is 2. The molecule has 2 aromatic rings. The fourth-order valence-electron chi connectivity index (χ4n) is 2.70. The molecule has 0 unspecified atom stereocenters. The lowest BCUT2D eigenvalue weighted by Crippen LogP contribution is -2.24. The van der Waals surface area contributed by atoms with Gasteiger partial charge in [-0.3, -0.25) is 9.10 Å². The zero-order valence-electron chi connectivity index (χ0n) is 13.9. The van der Waals surface area contributed by atoms with E-state index < -0.39 is 10.0 Å². The van der Waals surface area contributed by atoms with Crippen LogP contribution in [0.3, 0.4) is 0 Å². The third-order valence-corrected chi connectivity index (χ3v) is 5.84. The van der Waals surface area contributed by atoms with Crippen molar-refractivity contribution in [3.63, 3.8) is 0 Å². The average molecular weight is 367 g/mol. The maximum atomic E-state index is 12.0. The van der Waals surface area contributed by atoms with E-state index in [1.807, 2.05) is 6.07 Å². The standard InChI is InChI=1S/C19H17N3O3S/c20-14-16-3-1-4-17(13-16)21-19(23)10-7-15-5-8-18(9-6-15)22-11-2-12-26(22,24)25/h1,3-10,13H,2,11-12H2,(H,21,23)/b10-7+. The molecular formula is C19H17N3O3S. The van der Waals surface area contributed by atoms with Crippen LogP contribution in [0.2, 0.25) is 0 Å². The Hall–Kier alpha value is -3.11. The second-order valence-electron chi connectivity index (χ2n) is 5.85. The van der Waals surface area contributed by atoms with Crippen molar-refractivity contribution >= 4 is 33.4 Å². The van der Waals surface area contributed by atoms with Gasteiger partial charge in [-0.2, -0.15) is 5.26 Å². The summed E-state index contributed by atoms with van der Waals surface area (Å²) in [5.41, 5.74) is 2.44. The van der Waals surface area contributed by atoms with E-state index in [2.05, 4.69) is 5.32 Å². The van der Waals surface area contributed by atoms with Crippen LogP contribution in [0.1, 0.15) is 17.5 Å². The SMILES string of the molecule is N#Cc1cccc(NC(=O)/C=C/c2ccc(N3CCCS3(=O)=O)cc2)c1. The van der Waals surface area contributed by atoms with Crippen LogP contribution in [0.25, 0.3) is 6.08 Å². The number of carbonyl (C=O) groups is 1. The monoisotopic (exact) mass is 367 g/mol. The van der Waals surface area contributed by atoms with Crippen molar-refractivity contribution in [1.82, 2.24) is 0 Å². The van der Waals surface area contributed by atoms with E-state index in [4.69, 9.17) is 5.26 Å². The van der Waals surface area contributed by atoms with Crippen molar-refractivity contribution in [1.29, 1.82) is 5.26 Å². The maximum absolute atomic E-state index is 12.0. The number of carbonyl (C=O) groups excluding carboxylic acids is 1. The van der Waals surface area contributed by atoms with Crippen LogP contribution < -0.4 is 9.62 Å². The number of benzene rings is 2. The van der Waals surface area contributed by atoms with E-state index >= 15 is 0 Å². The van der Waals surface area contributed by atoms with Gasteiger partial charge in [-0.25, -0.2) is 8.42 Å². The Kier molecular flexibility index (Phi) is 5.05. The number of rotatable bonds is 4. The Bertz CT molecular complexity index is 989. The van der Waals surface area contributed by atoms with Gasteiger partial charge in [0.1, 0.15) is 0 Å². The summed E-state index contributed by atoms with van der Waals surface area (Å²) < 4.78 is 25.3. The van der Waals surface area contributed by atoms with Crippen molar-refractivity contribution in [3.05, 3.63) is 65.7 Å². The van der Waals surface area contributed by atoms with Crippen molar-refractivity contribution in [2.45, 2.75) is 6.42 Å². The third-order valence-electron chi connectivity index (χ3n) is 3.97. The minimum absolute atomic E-state index is 0.182. The fraction of sp³-hybridized carbons (Fsp3) is 0.158. The van der Waals surface area contributed by atoms with Crippen LogP contribution in [0.15, 0.2) is 54.6 Å². The number of nitrogens with zero attached hydrogens (tertiary/aromatic N) is 2. The summed E-state index contributed by atoms with van der Waals surface area (Å²) in [6.45, 7) is 0.502. The van der Waals surface area contributed by atoms with Crippen LogP contribution in [-0.4, -0.2) is 26.6 Å². The number of nitrogens with one attached hydrogen (secondary N) is 1. The minimum Gasteiger partial charge on any atom is -0.322 e. The summed E-state index contributed by atoms with van der Waals surface area (Å²) >= 11 is 0. The first-order valence-corrected chi connectivity index (χ1v) is 9.68. The molecule has 132 valence electrons. The summed E-state index contributed by atoms with van der Waals surface area (Å²) in [4.78, 5) is 12.0. The van der Waals surface area contributed by atoms with Gasteiger partial charge in [-0.05, 0) is 48.4 Å². The summed E-state index contributed by atoms with van der Waals surface area (Å²) in [6, 6.07) is 15.7. The molecule has 1 aliphatic rings. The smallest absolute Gasteiger partial charge is 0.248 e. The van der Waals surface area contributed by atoms with E-state index in [0.717, 1.165) is 5.56 Å². The average Bonchev–Trinajstić information content (AvgIpc) is 3.00. The molecule has 1 fully saturated rings. The Balaban J connectivity index is 1.65. The van der Waals surface area contributed by atoms with Gasteiger partial charge < -0.3 is 5.32 Å². The Morgan fingerprint density at radius 3 is 2.62 bits per heavy atom. The highest BCUT2D eigenvalue weighted by Crippen LogP contribution is 2.24. The third kappa shape index (κ3) is 4.10. The molecule has 0 bridgehead atoms. The zero-order valence-corrected chi connectivity index (χ0v) is 14.7. The number of hydrogen-bond donors (Lipinski definition) is 1. The van der Waals surface area contributed by atoms with E-state index in [0.29, 0.717) is 29.9 Å². The fourth-order valence-corrected chi connectivity index (χ4v) is 4.27. The molecule has 1 N–H and O–H groups in total. The second kappa shape index (κ2) is 7.42. The van der Waals surface area contributed by atoms with Gasteiger partial charge in [0.2, 0.25) is 15.9 Å². The van der Waals surface area contributed by atoms with E-state index in [1.165, 1.54) is 10.4 Å². The highest BCUT2D eigenvalue weighted by atomic mass is 32.2. The molecule has 26 heavy (non-hydrogen) atoms. The first kappa shape index (κ1) is 17.7. The molecule has 0 aliphatic carbocycles. The predicted molar refractivity (Wildman–Crippen MR) is 101 cm³/mol. The summed E-state index contributed by atoms with van der Waals surface area (Å²) in [6.07, 6.45) is 3.67. The zero-order chi connectivity index (χ0) is 18.6. The molecule has 1 aliphatic heterocycles. The van der Waals surface area contributed by atoms with Gasteiger partial charge in [0.25, 0.3) is 0 Å². The van der Waals surface area contributed by atoms with Gasteiger partial charge >= 0.3 is 0 Å². The van der Waals surface area contributed by atoms with E-state index in [-0.39, 0.29) is 11.7 Å². The molecule has 0 atom stereocenters. The van der Waals surface area contributed by atoms with Crippen molar-refractivity contribution < 1.29 is 13.2 Å². The summed E-state index contributed by atoms with van der Waals surface area (Å²) in [5, 5.41) is 11.6. The predicted octanol–water partition coefficient (Wildman–Crippen LogP) is 2.75. The number of amides is 1. The molecule has 2 aromatic carbocycles. The molecule has 1 amide bonds. The molecule has 0 radical (unpaired) electrons. The van der Waals surface area contributed by atoms with Crippen LogP contribution in [0.4, 0.5) is 11.4 Å². The van der Waals surface area contributed by atoms with Crippen LogP contribution >= 0.6 is 0 Å². The molecule has 7 heteroatoms.